The molecular formula is C15H21N5O. The number of likely N-dealkylation sites (N-methyl/N-ethyl adjacent to an activating group) is 1. The van der Waals surface area contributed by atoms with Crippen LogP contribution in [0.25, 0.3) is 10.9 Å². The lowest BCUT2D eigenvalue weighted by molar-refractivity contribution is -0.0298. The van der Waals surface area contributed by atoms with Crippen molar-refractivity contribution in [1.82, 2.24) is 20.2 Å². The van der Waals surface area contributed by atoms with Crippen LogP contribution in [0, 0.1) is 0 Å². The number of morpholine rings is 1. The van der Waals surface area contributed by atoms with Crippen molar-refractivity contribution in [2.75, 3.05) is 39.0 Å². The first-order valence-corrected chi connectivity index (χ1v) is 7.26. The number of nitrogens with one attached hydrogen (secondary N) is 1. The van der Waals surface area contributed by atoms with E-state index in [1.807, 2.05) is 31.3 Å². The fourth-order valence-electron chi connectivity index (χ4n) is 2.70. The number of hydrogen-bond acceptors (Lipinski definition) is 6. The van der Waals surface area contributed by atoms with E-state index in [0.29, 0.717) is 12.4 Å². The van der Waals surface area contributed by atoms with E-state index in [9.17, 15) is 0 Å². The smallest absolute Gasteiger partial charge is 0.145 e. The third kappa shape index (κ3) is 3.29. The van der Waals surface area contributed by atoms with Gasteiger partial charge >= 0.3 is 0 Å². The van der Waals surface area contributed by atoms with Crippen molar-refractivity contribution >= 4 is 16.7 Å². The lowest BCUT2D eigenvalue weighted by Gasteiger charge is -2.32. The molecule has 1 unspecified atom stereocenters. The van der Waals surface area contributed by atoms with E-state index in [1.54, 1.807) is 0 Å². The largest absolute Gasteiger partial charge is 0.383 e. The summed E-state index contributed by atoms with van der Waals surface area (Å²) in [6, 6.07) is 7.84. The van der Waals surface area contributed by atoms with Gasteiger partial charge in [0, 0.05) is 25.0 Å². The fraction of sp³-hybridized carbons (Fsp3) is 0.467. The van der Waals surface area contributed by atoms with Gasteiger partial charge in [0.25, 0.3) is 0 Å². The average Bonchev–Trinajstić information content (AvgIpc) is 2.48. The van der Waals surface area contributed by atoms with Crippen LogP contribution in [0.1, 0.15) is 5.82 Å². The van der Waals surface area contributed by atoms with E-state index in [1.165, 1.54) is 0 Å². The number of nitrogen functional groups attached to an aromatic ring is 1. The molecule has 1 saturated heterocycles. The zero-order valence-electron chi connectivity index (χ0n) is 12.2. The van der Waals surface area contributed by atoms with Crippen LogP contribution in [0.3, 0.4) is 0 Å². The van der Waals surface area contributed by atoms with Crippen molar-refractivity contribution < 1.29 is 4.74 Å². The number of rotatable bonds is 4. The third-order valence-electron chi connectivity index (χ3n) is 3.70. The highest BCUT2D eigenvalue weighted by atomic mass is 16.5. The Morgan fingerprint density at radius 3 is 3.10 bits per heavy atom. The van der Waals surface area contributed by atoms with Crippen LogP contribution in [-0.2, 0) is 11.3 Å². The summed E-state index contributed by atoms with van der Waals surface area (Å²) < 4.78 is 5.71. The minimum absolute atomic E-state index is 0.224. The molecule has 1 fully saturated rings. The molecule has 112 valence electrons. The normalized spacial score (nSPS) is 20.0. The standard InChI is InChI=1S/C15H21N5O/c1-17-8-11-9-20(6-7-21-11)10-14-18-13-5-3-2-4-12(13)15(16)19-14/h2-5,11,17H,6-10H2,1H3,(H2,16,18,19). The highest BCUT2D eigenvalue weighted by Crippen LogP contribution is 2.18. The molecule has 0 bridgehead atoms. The van der Waals surface area contributed by atoms with Gasteiger partial charge in [-0.2, -0.15) is 0 Å². The summed E-state index contributed by atoms with van der Waals surface area (Å²) in [6.45, 7) is 4.10. The number of para-hydroxylation sites is 1. The predicted molar refractivity (Wildman–Crippen MR) is 82.9 cm³/mol. The molecule has 1 aromatic carbocycles. The van der Waals surface area contributed by atoms with Crippen LogP contribution in [0.5, 0.6) is 0 Å². The lowest BCUT2D eigenvalue weighted by Crippen LogP contribution is -2.45. The third-order valence-corrected chi connectivity index (χ3v) is 3.70. The molecule has 1 aliphatic heterocycles. The summed E-state index contributed by atoms with van der Waals surface area (Å²) in [5.74, 6) is 1.33. The van der Waals surface area contributed by atoms with Gasteiger partial charge in [-0.15, -0.1) is 0 Å². The summed E-state index contributed by atoms with van der Waals surface area (Å²) in [5, 5.41) is 4.07. The molecule has 0 saturated carbocycles. The minimum Gasteiger partial charge on any atom is -0.383 e. The summed E-state index contributed by atoms with van der Waals surface area (Å²) in [6.07, 6.45) is 0.224. The summed E-state index contributed by atoms with van der Waals surface area (Å²) in [5.41, 5.74) is 6.94. The van der Waals surface area contributed by atoms with Crippen molar-refractivity contribution in [3.05, 3.63) is 30.1 Å². The molecule has 1 aromatic heterocycles. The monoisotopic (exact) mass is 287 g/mol. The Morgan fingerprint density at radius 1 is 1.38 bits per heavy atom. The van der Waals surface area contributed by atoms with E-state index in [0.717, 1.165) is 43.0 Å². The fourth-order valence-corrected chi connectivity index (χ4v) is 2.70. The van der Waals surface area contributed by atoms with Crippen LogP contribution >= 0.6 is 0 Å². The minimum atomic E-state index is 0.224. The number of nitrogens with two attached hydrogens (primary N) is 1. The highest BCUT2D eigenvalue weighted by molar-refractivity contribution is 5.87. The maximum atomic E-state index is 6.03. The molecule has 6 nitrogen and oxygen atoms in total. The number of fused-ring (bicyclic) bond motifs is 1. The lowest BCUT2D eigenvalue weighted by atomic mass is 10.2. The second kappa shape index (κ2) is 6.34. The van der Waals surface area contributed by atoms with E-state index >= 15 is 0 Å². The van der Waals surface area contributed by atoms with E-state index in [2.05, 4.69) is 20.2 Å². The van der Waals surface area contributed by atoms with E-state index in [-0.39, 0.29) is 6.10 Å². The average molecular weight is 287 g/mol. The SMILES string of the molecule is CNCC1CN(Cc2nc(N)c3ccccc3n2)CCO1. The zero-order valence-corrected chi connectivity index (χ0v) is 12.2. The maximum absolute atomic E-state index is 6.03. The van der Waals surface area contributed by atoms with Crippen molar-refractivity contribution in [3.8, 4) is 0 Å². The molecule has 3 N–H and O–H groups in total. The van der Waals surface area contributed by atoms with Gasteiger partial charge in [-0.25, -0.2) is 9.97 Å². The Balaban J connectivity index is 1.75. The molecule has 2 heterocycles. The molecule has 2 aromatic rings. The number of nitrogens with zero attached hydrogens (tertiary/aromatic N) is 3. The number of benzene rings is 1. The van der Waals surface area contributed by atoms with E-state index in [4.69, 9.17) is 10.5 Å². The quantitative estimate of drug-likeness (QED) is 0.859. The van der Waals surface area contributed by atoms with Crippen molar-refractivity contribution in [2.45, 2.75) is 12.6 Å². The molecule has 0 spiro atoms. The first-order valence-electron chi connectivity index (χ1n) is 7.26. The van der Waals surface area contributed by atoms with Gasteiger partial charge in [0.2, 0.25) is 0 Å². The van der Waals surface area contributed by atoms with Crippen molar-refractivity contribution in [1.29, 1.82) is 0 Å². The molecule has 6 heteroatoms. The Morgan fingerprint density at radius 2 is 2.24 bits per heavy atom. The number of hydrogen-bond donors (Lipinski definition) is 2. The summed E-state index contributed by atoms with van der Waals surface area (Å²) in [4.78, 5) is 11.4. The molecule has 21 heavy (non-hydrogen) atoms. The molecule has 0 radical (unpaired) electrons. The molecule has 0 amide bonds. The topological polar surface area (TPSA) is 76.3 Å². The van der Waals surface area contributed by atoms with Gasteiger partial charge in [0.1, 0.15) is 11.6 Å². The molecule has 1 atom stereocenters. The first kappa shape index (κ1) is 14.2. The summed E-state index contributed by atoms with van der Waals surface area (Å²) in [7, 11) is 1.94. The Bertz CT molecular complexity index is 616. The van der Waals surface area contributed by atoms with Crippen LogP contribution in [0.2, 0.25) is 0 Å². The molecule has 3 rings (SSSR count). The Kier molecular flexibility index (Phi) is 4.28. The molecular weight excluding hydrogens is 266 g/mol. The summed E-state index contributed by atoms with van der Waals surface area (Å²) >= 11 is 0. The first-order chi connectivity index (χ1) is 10.3. The van der Waals surface area contributed by atoms with Gasteiger partial charge in [0.05, 0.1) is 24.8 Å². The van der Waals surface area contributed by atoms with Crippen LogP contribution in [-0.4, -0.2) is 54.3 Å². The Hall–Kier alpha value is -1.76. The van der Waals surface area contributed by atoms with E-state index < -0.39 is 0 Å². The second-order valence-electron chi connectivity index (χ2n) is 5.33. The van der Waals surface area contributed by atoms with Gasteiger partial charge in [-0.1, -0.05) is 12.1 Å². The van der Waals surface area contributed by atoms with Crippen LogP contribution in [0.4, 0.5) is 5.82 Å². The van der Waals surface area contributed by atoms with Crippen LogP contribution in [0.15, 0.2) is 24.3 Å². The van der Waals surface area contributed by atoms with Gasteiger partial charge in [-0.05, 0) is 19.2 Å². The highest BCUT2D eigenvalue weighted by Gasteiger charge is 2.20. The van der Waals surface area contributed by atoms with Gasteiger partial charge in [-0.3, -0.25) is 4.90 Å². The Labute approximate surface area is 124 Å². The second-order valence-corrected chi connectivity index (χ2v) is 5.33. The van der Waals surface area contributed by atoms with Gasteiger partial charge in [0.15, 0.2) is 0 Å². The predicted octanol–water partition coefficient (Wildman–Crippen LogP) is 0.632. The number of anilines is 1. The van der Waals surface area contributed by atoms with Crippen molar-refractivity contribution in [2.24, 2.45) is 0 Å². The number of ether oxygens (including phenoxy) is 1. The number of aromatic nitrogens is 2. The molecule has 0 aliphatic carbocycles. The van der Waals surface area contributed by atoms with Crippen LogP contribution < -0.4 is 11.1 Å². The van der Waals surface area contributed by atoms with Gasteiger partial charge < -0.3 is 15.8 Å². The zero-order chi connectivity index (χ0) is 14.7. The maximum Gasteiger partial charge on any atom is 0.145 e. The molecule has 1 aliphatic rings. The van der Waals surface area contributed by atoms with Crippen molar-refractivity contribution in [3.63, 3.8) is 0 Å².